The molecule has 1 aromatic carbocycles. The Labute approximate surface area is 100 Å². The number of nitrogens with one attached hydrogen (secondary N) is 1. The summed E-state index contributed by atoms with van der Waals surface area (Å²) in [7, 11) is 0. The summed E-state index contributed by atoms with van der Waals surface area (Å²) < 4.78 is 0. The van der Waals surface area contributed by atoms with Crippen LogP contribution in [-0.4, -0.2) is 22.4 Å². The SMILES string of the molecule is CC(C)(CCl)NC(=O)Cc1ccccc1O. The van der Waals surface area contributed by atoms with Crippen LogP contribution < -0.4 is 5.32 Å². The number of benzene rings is 1. The average Bonchev–Trinajstić information content (AvgIpc) is 2.21. The van der Waals surface area contributed by atoms with Gasteiger partial charge in [-0.15, -0.1) is 11.6 Å². The molecule has 0 radical (unpaired) electrons. The summed E-state index contributed by atoms with van der Waals surface area (Å²) >= 11 is 5.71. The van der Waals surface area contributed by atoms with Gasteiger partial charge in [-0.05, 0) is 19.9 Å². The number of hydrogen-bond donors (Lipinski definition) is 2. The molecule has 1 rings (SSSR count). The van der Waals surface area contributed by atoms with Crippen LogP contribution in [0.4, 0.5) is 0 Å². The van der Waals surface area contributed by atoms with E-state index < -0.39 is 5.54 Å². The molecule has 0 heterocycles. The molecule has 0 aliphatic rings. The number of hydrogen-bond acceptors (Lipinski definition) is 2. The minimum Gasteiger partial charge on any atom is -0.508 e. The Morgan fingerprint density at radius 2 is 2.06 bits per heavy atom. The Kier molecular flexibility index (Phi) is 4.19. The van der Waals surface area contributed by atoms with Gasteiger partial charge in [-0.1, -0.05) is 18.2 Å². The normalized spacial score (nSPS) is 11.2. The Morgan fingerprint density at radius 1 is 1.44 bits per heavy atom. The minimum absolute atomic E-state index is 0.140. The number of rotatable bonds is 4. The van der Waals surface area contributed by atoms with Gasteiger partial charge in [0, 0.05) is 17.0 Å². The zero-order valence-corrected chi connectivity index (χ0v) is 10.2. The monoisotopic (exact) mass is 241 g/mol. The first kappa shape index (κ1) is 12.8. The third-order valence-electron chi connectivity index (χ3n) is 2.15. The summed E-state index contributed by atoms with van der Waals surface area (Å²) in [5.41, 5.74) is 0.189. The lowest BCUT2D eigenvalue weighted by atomic mass is 10.1. The number of halogens is 1. The van der Waals surface area contributed by atoms with Crippen molar-refractivity contribution in [1.82, 2.24) is 5.32 Å². The van der Waals surface area contributed by atoms with Crippen molar-refractivity contribution in [2.75, 3.05) is 5.88 Å². The number of amides is 1. The van der Waals surface area contributed by atoms with E-state index in [-0.39, 0.29) is 18.1 Å². The van der Waals surface area contributed by atoms with Crippen molar-refractivity contribution >= 4 is 17.5 Å². The predicted molar refractivity (Wildman–Crippen MR) is 64.8 cm³/mol. The van der Waals surface area contributed by atoms with E-state index in [1.165, 1.54) is 0 Å². The van der Waals surface area contributed by atoms with Gasteiger partial charge >= 0.3 is 0 Å². The smallest absolute Gasteiger partial charge is 0.225 e. The van der Waals surface area contributed by atoms with Crippen LogP contribution in [0.1, 0.15) is 19.4 Å². The van der Waals surface area contributed by atoms with Crippen LogP contribution in [0.2, 0.25) is 0 Å². The second-order valence-electron chi connectivity index (χ2n) is 4.37. The van der Waals surface area contributed by atoms with E-state index >= 15 is 0 Å². The van der Waals surface area contributed by atoms with Crippen LogP contribution in [0.25, 0.3) is 0 Å². The molecule has 0 aromatic heterocycles. The van der Waals surface area contributed by atoms with Gasteiger partial charge in [0.2, 0.25) is 5.91 Å². The maximum absolute atomic E-state index is 11.7. The fourth-order valence-corrected chi connectivity index (χ4v) is 1.36. The third kappa shape index (κ3) is 3.74. The summed E-state index contributed by atoms with van der Waals surface area (Å²) in [4.78, 5) is 11.7. The molecule has 1 aromatic rings. The average molecular weight is 242 g/mol. The molecular formula is C12H16ClNO2. The fourth-order valence-electron chi connectivity index (χ4n) is 1.29. The third-order valence-corrected chi connectivity index (χ3v) is 2.82. The molecule has 0 unspecified atom stereocenters. The number of para-hydroxylation sites is 1. The van der Waals surface area contributed by atoms with Crippen molar-refractivity contribution in [3.05, 3.63) is 29.8 Å². The molecule has 0 fully saturated rings. The largest absolute Gasteiger partial charge is 0.508 e. The van der Waals surface area contributed by atoms with Crippen molar-refractivity contribution in [3.8, 4) is 5.75 Å². The maximum atomic E-state index is 11.7. The van der Waals surface area contributed by atoms with E-state index in [1.807, 2.05) is 13.8 Å². The van der Waals surface area contributed by atoms with E-state index in [1.54, 1.807) is 24.3 Å². The highest BCUT2D eigenvalue weighted by atomic mass is 35.5. The summed E-state index contributed by atoms with van der Waals surface area (Å²) in [5, 5.41) is 12.3. The number of carbonyl (C=O) groups excluding carboxylic acids is 1. The molecular weight excluding hydrogens is 226 g/mol. The number of aromatic hydroxyl groups is 1. The molecule has 3 nitrogen and oxygen atoms in total. The molecule has 0 saturated heterocycles. The second-order valence-corrected chi connectivity index (χ2v) is 4.64. The zero-order valence-electron chi connectivity index (χ0n) is 9.46. The van der Waals surface area contributed by atoms with Gasteiger partial charge in [-0.2, -0.15) is 0 Å². The van der Waals surface area contributed by atoms with Gasteiger partial charge in [0.1, 0.15) is 5.75 Å². The molecule has 0 saturated carbocycles. The van der Waals surface area contributed by atoms with Gasteiger partial charge in [-0.3, -0.25) is 4.79 Å². The lowest BCUT2D eigenvalue weighted by Crippen LogP contribution is -2.45. The van der Waals surface area contributed by atoms with Crippen molar-refractivity contribution in [2.24, 2.45) is 0 Å². The first-order chi connectivity index (χ1) is 7.44. The molecule has 2 N–H and O–H groups in total. The van der Waals surface area contributed by atoms with Crippen molar-refractivity contribution in [1.29, 1.82) is 0 Å². The number of alkyl halides is 1. The van der Waals surface area contributed by atoms with Gasteiger partial charge in [0.15, 0.2) is 0 Å². The van der Waals surface area contributed by atoms with Gasteiger partial charge in [-0.25, -0.2) is 0 Å². The summed E-state index contributed by atoms with van der Waals surface area (Å²) in [6, 6.07) is 6.80. The van der Waals surface area contributed by atoms with Gasteiger partial charge in [0.25, 0.3) is 0 Å². The maximum Gasteiger partial charge on any atom is 0.225 e. The van der Waals surface area contributed by atoms with Crippen LogP contribution in [0.15, 0.2) is 24.3 Å². The molecule has 0 aliphatic heterocycles. The van der Waals surface area contributed by atoms with E-state index in [0.717, 1.165) is 0 Å². The molecule has 0 aliphatic carbocycles. The van der Waals surface area contributed by atoms with Crippen LogP contribution in [-0.2, 0) is 11.2 Å². The molecule has 0 atom stereocenters. The lowest BCUT2D eigenvalue weighted by molar-refractivity contribution is -0.121. The molecule has 0 spiro atoms. The quantitative estimate of drug-likeness (QED) is 0.793. The summed E-state index contributed by atoms with van der Waals surface area (Å²) in [6.45, 7) is 3.70. The molecule has 16 heavy (non-hydrogen) atoms. The topological polar surface area (TPSA) is 49.3 Å². The van der Waals surface area contributed by atoms with E-state index in [0.29, 0.717) is 11.4 Å². The second kappa shape index (κ2) is 5.21. The number of phenols is 1. The van der Waals surface area contributed by atoms with Gasteiger partial charge in [0.05, 0.1) is 6.42 Å². The first-order valence-corrected chi connectivity index (χ1v) is 5.62. The van der Waals surface area contributed by atoms with Crippen molar-refractivity contribution in [2.45, 2.75) is 25.8 Å². The van der Waals surface area contributed by atoms with Crippen LogP contribution in [0, 0.1) is 0 Å². The molecule has 0 bridgehead atoms. The Morgan fingerprint density at radius 3 is 2.62 bits per heavy atom. The first-order valence-electron chi connectivity index (χ1n) is 5.08. The Balaban J connectivity index is 2.62. The molecule has 4 heteroatoms. The van der Waals surface area contributed by atoms with Crippen molar-refractivity contribution < 1.29 is 9.90 Å². The van der Waals surface area contributed by atoms with Gasteiger partial charge < -0.3 is 10.4 Å². The molecule has 1 amide bonds. The van der Waals surface area contributed by atoms with Crippen LogP contribution >= 0.6 is 11.6 Å². The van der Waals surface area contributed by atoms with E-state index in [9.17, 15) is 9.90 Å². The number of phenolic OH excluding ortho intramolecular Hbond substituents is 1. The zero-order chi connectivity index (χ0) is 12.2. The summed E-state index contributed by atoms with van der Waals surface area (Å²) in [6.07, 6.45) is 0.160. The standard InChI is InChI=1S/C12H16ClNO2/c1-12(2,8-13)14-11(16)7-9-5-3-4-6-10(9)15/h3-6,15H,7-8H2,1-2H3,(H,14,16). The van der Waals surface area contributed by atoms with E-state index in [4.69, 9.17) is 11.6 Å². The lowest BCUT2D eigenvalue weighted by Gasteiger charge is -2.23. The fraction of sp³-hybridized carbons (Fsp3) is 0.417. The Bertz CT molecular complexity index is 377. The highest BCUT2D eigenvalue weighted by Gasteiger charge is 2.19. The van der Waals surface area contributed by atoms with Crippen LogP contribution in [0.3, 0.4) is 0 Å². The predicted octanol–water partition coefficient (Wildman–Crippen LogP) is 2.07. The highest BCUT2D eigenvalue weighted by molar-refractivity contribution is 6.18. The van der Waals surface area contributed by atoms with Crippen LogP contribution in [0.5, 0.6) is 5.75 Å². The van der Waals surface area contributed by atoms with E-state index in [2.05, 4.69) is 5.32 Å². The highest BCUT2D eigenvalue weighted by Crippen LogP contribution is 2.16. The minimum atomic E-state index is -0.428. The Hall–Kier alpha value is -1.22. The summed E-state index contributed by atoms with van der Waals surface area (Å²) in [5.74, 6) is 0.341. The van der Waals surface area contributed by atoms with Crippen molar-refractivity contribution in [3.63, 3.8) is 0 Å². The number of carbonyl (C=O) groups is 1. The molecule has 88 valence electrons.